The highest BCUT2D eigenvalue weighted by Gasteiger charge is 2.13. The maximum atomic E-state index is 5.54. The number of rotatable bonds is 3. The number of hydrogen-bond acceptors (Lipinski definition) is 3. The highest BCUT2D eigenvalue weighted by Crippen LogP contribution is 2.20. The van der Waals surface area contributed by atoms with Crippen molar-refractivity contribution in [3.63, 3.8) is 0 Å². The van der Waals surface area contributed by atoms with Crippen LogP contribution in [0, 0.1) is 6.92 Å². The van der Waals surface area contributed by atoms with Crippen molar-refractivity contribution in [1.29, 1.82) is 0 Å². The fraction of sp³-hybridized carbons (Fsp3) is 0.556. The van der Waals surface area contributed by atoms with E-state index in [1.54, 1.807) is 18.8 Å². The van der Waals surface area contributed by atoms with Crippen LogP contribution in [0.15, 0.2) is 4.99 Å². The molecule has 0 fully saturated rings. The lowest BCUT2D eigenvalue weighted by Gasteiger charge is -2.06. The Balaban J connectivity index is 0.00000225. The van der Waals surface area contributed by atoms with Crippen molar-refractivity contribution in [3.8, 4) is 5.88 Å². The van der Waals surface area contributed by atoms with Crippen molar-refractivity contribution in [3.05, 3.63) is 11.3 Å². The van der Waals surface area contributed by atoms with Gasteiger partial charge in [-0.1, -0.05) is 0 Å². The topological polar surface area (TPSA) is 77.5 Å². The van der Waals surface area contributed by atoms with E-state index in [2.05, 4.69) is 15.4 Å². The average Bonchev–Trinajstić information content (AvgIpc) is 2.49. The van der Waals surface area contributed by atoms with E-state index in [4.69, 9.17) is 10.5 Å². The third-order valence-electron chi connectivity index (χ3n) is 2.17. The summed E-state index contributed by atoms with van der Waals surface area (Å²) in [7, 11) is 5.10. The number of aliphatic imine (C=N–C) groups is 1. The number of aryl methyl sites for hydroxylation is 2. The molecule has 0 amide bonds. The van der Waals surface area contributed by atoms with Crippen LogP contribution in [-0.4, -0.2) is 29.9 Å². The molecule has 0 unspecified atom stereocenters. The largest absolute Gasteiger partial charge is 0.481 e. The molecule has 0 radical (unpaired) electrons. The molecule has 0 aliphatic heterocycles. The summed E-state index contributed by atoms with van der Waals surface area (Å²) in [6.07, 6.45) is 0. The number of nitrogens with zero attached hydrogens (tertiary/aromatic N) is 3. The number of hydrogen-bond donors (Lipinski definition) is 2. The minimum Gasteiger partial charge on any atom is -0.481 e. The molecule has 0 aromatic carbocycles. The van der Waals surface area contributed by atoms with Crippen LogP contribution in [0.5, 0.6) is 5.88 Å². The molecule has 0 saturated heterocycles. The van der Waals surface area contributed by atoms with E-state index >= 15 is 0 Å². The standard InChI is InChI=1S/C9H17N5O.HI/c1-6-7(5-12-9(10)11-2)8(15-4)14(3)13-6;/h5H2,1-4H3,(H3,10,11,12);1H. The van der Waals surface area contributed by atoms with Crippen molar-refractivity contribution in [2.75, 3.05) is 14.2 Å². The number of nitrogens with two attached hydrogens (primary N) is 1. The van der Waals surface area contributed by atoms with E-state index < -0.39 is 0 Å². The molecule has 7 heteroatoms. The van der Waals surface area contributed by atoms with Gasteiger partial charge in [0.25, 0.3) is 0 Å². The molecule has 1 rings (SSSR count). The zero-order valence-corrected chi connectivity index (χ0v) is 12.3. The van der Waals surface area contributed by atoms with Gasteiger partial charge in [0, 0.05) is 14.1 Å². The zero-order valence-electron chi connectivity index (χ0n) is 9.94. The Kier molecular flexibility index (Phi) is 6.16. The van der Waals surface area contributed by atoms with Gasteiger partial charge in [-0.05, 0) is 6.92 Å². The minimum atomic E-state index is 0. The zero-order chi connectivity index (χ0) is 11.4. The minimum absolute atomic E-state index is 0. The van der Waals surface area contributed by atoms with Crippen molar-refractivity contribution in [2.45, 2.75) is 13.5 Å². The number of methoxy groups -OCH3 is 1. The van der Waals surface area contributed by atoms with Gasteiger partial charge in [0.05, 0.1) is 24.9 Å². The van der Waals surface area contributed by atoms with Crippen LogP contribution in [0.1, 0.15) is 11.3 Å². The smallest absolute Gasteiger partial charge is 0.216 e. The van der Waals surface area contributed by atoms with E-state index in [-0.39, 0.29) is 24.0 Å². The predicted octanol–water partition coefficient (Wildman–Crippen LogP) is 0.389. The van der Waals surface area contributed by atoms with Crippen LogP contribution >= 0.6 is 24.0 Å². The molecule has 0 saturated carbocycles. The average molecular weight is 339 g/mol. The second-order valence-electron chi connectivity index (χ2n) is 3.16. The SMILES string of the molecule is CN=C(N)NCc1c(C)nn(C)c1OC.I. The van der Waals surface area contributed by atoms with Gasteiger partial charge < -0.3 is 15.8 Å². The fourth-order valence-electron chi connectivity index (χ4n) is 1.40. The van der Waals surface area contributed by atoms with Crippen LogP contribution in [0.2, 0.25) is 0 Å². The first-order valence-corrected chi connectivity index (χ1v) is 4.62. The maximum Gasteiger partial charge on any atom is 0.216 e. The Morgan fingerprint density at radius 2 is 2.25 bits per heavy atom. The van der Waals surface area contributed by atoms with Crippen molar-refractivity contribution < 1.29 is 4.74 Å². The van der Waals surface area contributed by atoms with Gasteiger partial charge in [-0.25, -0.2) is 4.68 Å². The highest BCUT2D eigenvalue weighted by molar-refractivity contribution is 14.0. The lowest BCUT2D eigenvalue weighted by molar-refractivity contribution is 0.369. The summed E-state index contributed by atoms with van der Waals surface area (Å²) in [5.74, 6) is 1.14. The Bertz CT molecular complexity index is 374. The second-order valence-corrected chi connectivity index (χ2v) is 3.16. The number of halogens is 1. The maximum absolute atomic E-state index is 5.54. The molecule has 6 nitrogen and oxygen atoms in total. The highest BCUT2D eigenvalue weighted by atomic mass is 127. The molecule has 92 valence electrons. The van der Waals surface area contributed by atoms with Gasteiger partial charge in [0.1, 0.15) is 0 Å². The van der Waals surface area contributed by atoms with Gasteiger partial charge in [-0.3, -0.25) is 4.99 Å². The summed E-state index contributed by atoms with van der Waals surface area (Å²) in [5.41, 5.74) is 7.45. The molecule has 16 heavy (non-hydrogen) atoms. The van der Waals surface area contributed by atoms with Crippen LogP contribution in [0.3, 0.4) is 0 Å². The summed E-state index contributed by atoms with van der Waals surface area (Å²) in [6, 6.07) is 0. The molecule has 1 aromatic heterocycles. The van der Waals surface area contributed by atoms with Crippen molar-refractivity contribution >= 4 is 29.9 Å². The Labute approximate surface area is 112 Å². The number of aromatic nitrogens is 2. The van der Waals surface area contributed by atoms with E-state index in [9.17, 15) is 0 Å². The lowest BCUT2D eigenvalue weighted by atomic mass is 10.2. The molecule has 1 heterocycles. The molecule has 3 N–H and O–H groups in total. The molecule has 0 spiro atoms. The van der Waals surface area contributed by atoms with Crippen LogP contribution in [0.4, 0.5) is 0 Å². The Morgan fingerprint density at radius 3 is 2.75 bits per heavy atom. The molecule has 0 aliphatic rings. The number of ether oxygens (including phenoxy) is 1. The molecule has 1 aromatic rings. The monoisotopic (exact) mass is 339 g/mol. The van der Waals surface area contributed by atoms with E-state index in [1.165, 1.54) is 0 Å². The summed E-state index contributed by atoms with van der Waals surface area (Å²) < 4.78 is 6.94. The summed E-state index contributed by atoms with van der Waals surface area (Å²) in [5, 5.41) is 7.23. The Hall–Kier alpha value is -0.990. The summed E-state index contributed by atoms with van der Waals surface area (Å²) >= 11 is 0. The van der Waals surface area contributed by atoms with Gasteiger partial charge in [0.2, 0.25) is 5.88 Å². The van der Waals surface area contributed by atoms with Gasteiger partial charge in [-0.15, -0.1) is 24.0 Å². The van der Waals surface area contributed by atoms with Crippen LogP contribution < -0.4 is 15.8 Å². The molecule has 0 aliphatic carbocycles. The first kappa shape index (κ1) is 15.0. The summed E-state index contributed by atoms with van der Waals surface area (Å²) in [4.78, 5) is 3.81. The molecule has 0 bridgehead atoms. The third kappa shape index (κ3) is 3.26. The van der Waals surface area contributed by atoms with Gasteiger partial charge in [0.15, 0.2) is 5.96 Å². The fourth-order valence-corrected chi connectivity index (χ4v) is 1.40. The molecular weight excluding hydrogens is 321 g/mol. The summed E-state index contributed by atoms with van der Waals surface area (Å²) in [6.45, 7) is 2.49. The van der Waals surface area contributed by atoms with Crippen molar-refractivity contribution in [1.82, 2.24) is 15.1 Å². The lowest BCUT2D eigenvalue weighted by Crippen LogP contribution is -2.31. The number of guanidine groups is 1. The first-order chi connectivity index (χ1) is 7.10. The van der Waals surface area contributed by atoms with Crippen molar-refractivity contribution in [2.24, 2.45) is 17.8 Å². The normalized spacial score (nSPS) is 10.9. The molecule has 0 atom stereocenters. The quantitative estimate of drug-likeness (QED) is 0.475. The predicted molar refractivity (Wildman–Crippen MR) is 74.3 cm³/mol. The number of nitrogens with one attached hydrogen (secondary N) is 1. The first-order valence-electron chi connectivity index (χ1n) is 4.62. The van der Waals surface area contributed by atoms with Gasteiger partial charge in [-0.2, -0.15) is 5.10 Å². The van der Waals surface area contributed by atoms with E-state index in [0.29, 0.717) is 12.5 Å². The third-order valence-corrected chi connectivity index (χ3v) is 2.17. The second kappa shape index (κ2) is 6.56. The molecular formula is C9H18IN5O. The van der Waals surface area contributed by atoms with E-state index in [0.717, 1.165) is 17.1 Å². The van der Waals surface area contributed by atoms with E-state index in [1.807, 2.05) is 14.0 Å². The van der Waals surface area contributed by atoms with Crippen LogP contribution in [-0.2, 0) is 13.6 Å². The Morgan fingerprint density at radius 1 is 1.62 bits per heavy atom. The van der Waals surface area contributed by atoms with Gasteiger partial charge >= 0.3 is 0 Å². The van der Waals surface area contributed by atoms with Crippen LogP contribution in [0.25, 0.3) is 0 Å².